The van der Waals surface area contributed by atoms with Crippen molar-refractivity contribution in [1.82, 2.24) is 5.32 Å². The van der Waals surface area contributed by atoms with Crippen LogP contribution >= 0.6 is 0 Å². The molecule has 0 aliphatic carbocycles. The quantitative estimate of drug-likeness (QED) is 0.549. The van der Waals surface area contributed by atoms with Crippen molar-refractivity contribution in [1.29, 1.82) is 0 Å². The van der Waals surface area contributed by atoms with Crippen LogP contribution in [-0.4, -0.2) is 38.0 Å². The number of rotatable bonds is 8. The lowest BCUT2D eigenvalue weighted by molar-refractivity contribution is -0.146. The van der Waals surface area contributed by atoms with Gasteiger partial charge < -0.3 is 20.1 Å². The normalized spacial score (nSPS) is 10.3. The van der Waals surface area contributed by atoms with Crippen LogP contribution in [0.1, 0.15) is 5.56 Å². The van der Waals surface area contributed by atoms with Gasteiger partial charge in [-0.15, -0.1) is 0 Å². The van der Waals surface area contributed by atoms with E-state index in [-0.39, 0.29) is 6.54 Å². The first-order chi connectivity index (χ1) is 13.1. The van der Waals surface area contributed by atoms with Crippen LogP contribution in [0.25, 0.3) is 6.08 Å². The highest BCUT2D eigenvalue weighted by molar-refractivity contribution is 5.95. The van der Waals surface area contributed by atoms with Crippen LogP contribution in [0, 0.1) is 0 Å². The van der Waals surface area contributed by atoms with Gasteiger partial charge in [-0.1, -0.05) is 36.4 Å². The third-order valence-corrected chi connectivity index (χ3v) is 3.35. The van der Waals surface area contributed by atoms with Crippen LogP contribution in [0.3, 0.4) is 0 Å². The molecule has 2 N–H and O–H groups in total. The van der Waals surface area contributed by atoms with E-state index in [1.165, 1.54) is 13.2 Å². The molecule has 0 unspecified atom stereocenters. The van der Waals surface area contributed by atoms with Crippen molar-refractivity contribution < 1.29 is 23.9 Å². The smallest absolute Gasteiger partial charge is 0.325 e. The molecule has 0 heterocycles. The largest absolute Gasteiger partial charge is 0.497 e. The standard InChI is InChI=1S/C20H20N2O5/c1-26-17-9-5-8-16(12-17)22-19(24)14-27-20(25)13-21-18(23)11-10-15-6-3-2-4-7-15/h2-12H,13-14H2,1H3,(H,21,23)(H,22,24)/b11-10+. The van der Waals surface area contributed by atoms with Crippen molar-refractivity contribution in [2.45, 2.75) is 0 Å². The van der Waals surface area contributed by atoms with Gasteiger partial charge in [0.15, 0.2) is 6.61 Å². The Bertz CT molecular complexity index is 818. The van der Waals surface area contributed by atoms with Gasteiger partial charge in [-0.05, 0) is 23.8 Å². The van der Waals surface area contributed by atoms with Crippen LogP contribution < -0.4 is 15.4 Å². The van der Waals surface area contributed by atoms with Crippen molar-refractivity contribution in [3.63, 3.8) is 0 Å². The zero-order valence-corrected chi connectivity index (χ0v) is 14.8. The zero-order chi connectivity index (χ0) is 19.5. The van der Waals surface area contributed by atoms with Crippen LogP contribution in [0.2, 0.25) is 0 Å². The number of nitrogens with one attached hydrogen (secondary N) is 2. The van der Waals surface area contributed by atoms with Gasteiger partial charge in [-0.2, -0.15) is 0 Å². The van der Waals surface area contributed by atoms with E-state index >= 15 is 0 Å². The number of esters is 1. The SMILES string of the molecule is COc1cccc(NC(=O)COC(=O)CNC(=O)/C=C/c2ccccc2)c1. The average Bonchev–Trinajstić information content (AvgIpc) is 2.70. The summed E-state index contributed by atoms with van der Waals surface area (Å²) in [4.78, 5) is 35.1. The second-order valence-electron chi connectivity index (χ2n) is 5.40. The maximum atomic E-state index is 11.8. The van der Waals surface area contributed by atoms with Gasteiger partial charge in [-0.3, -0.25) is 14.4 Å². The zero-order valence-electron chi connectivity index (χ0n) is 14.8. The maximum Gasteiger partial charge on any atom is 0.325 e. The molecule has 2 rings (SSSR count). The molecule has 0 aliphatic heterocycles. The minimum atomic E-state index is -0.711. The third kappa shape index (κ3) is 7.43. The molecular formula is C20H20N2O5. The molecule has 0 bridgehead atoms. The van der Waals surface area contributed by atoms with Crippen molar-refractivity contribution in [2.75, 3.05) is 25.6 Å². The van der Waals surface area contributed by atoms with E-state index < -0.39 is 24.4 Å². The van der Waals surface area contributed by atoms with Crippen LogP contribution in [-0.2, 0) is 19.1 Å². The summed E-state index contributed by atoms with van der Waals surface area (Å²) in [7, 11) is 1.52. The Balaban J connectivity index is 1.68. The summed E-state index contributed by atoms with van der Waals surface area (Å²) in [6.45, 7) is -0.782. The molecular weight excluding hydrogens is 348 g/mol. The first-order valence-corrected chi connectivity index (χ1v) is 8.17. The highest BCUT2D eigenvalue weighted by atomic mass is 16.5. The van der Waals surface area contributed by atoms with Gasteiger partial charge in [0.25, 0.3) is 5.91 Å². The molecule has 0 fully saturated rings. The first kappa shape index (κ1) is 19.7. The van der Waals surface area contributed by atoms with E-state index in [1.54, 1.807) is 30.3 Å². The number of hydrogen-bond acceptors (Lipinski definition) is 5. The molecule has 0 aliphatic rings. The molecule has 140 valence electrons. The van der Waals surface area contributed by atoms with Gasteiger partial charge in [-0.25, -0.2) is 0 Å². The minimum absolute atomic E-state index is 0.329. The summed E-state index contributed by atoms with van der Waals surface area (Å²) < 4.78 is 9.88. The van der Waals surface area contributed by atoms with Crippen LogP contribution in [0.5, 0.6) is 5.75 Å². The van der Waals surface area contributed by atoms with Crippen LogP contribution in [0.4, 0.5) is 5.69 Å². The van der Waals surface area contributed by atoms with Crippen molar-refractivity contribution in [2.24, 2.45) is 0 Å². The lowest BCUT2D eigenvalue weighted by Gasteiger charge is -2.08. The molecule has 0 aromatic heterocycles. The minimum Gasteiger partial charge on any atom is -0.497 e. The van der Waals surface area contributed by atoms with E-state index in [4.69, 9.17) is 9.47 Å². The number of anilines is 1. The molecule has 2 aromatic rings. The predicted octanol–water partition coefficient (Wildman–Crippen LogP) is 2.01. The second-order valence-corrected chi connectivity index (χ2v) is 5.40. The van der Waals surface area contributed by atoms with Gasteiger partial charge in [0, 0.05) is 17.8 Å². The van der Waals surface area contributed by atoms with Crippen LogP contribution in [0.15, 0.2) is 60.7 Å². The lowest BCUT2D eigenvalue weighted by atomic mass is 10.2. The van der Waals surface area contributed by atoms with Gasteiger partial charge >= 0.3 is 5.97 Å². The Hall–Kier alpha value is -3.61. The molecule has 7 nitrogen and oxygen atoms in total. The summed E-state index contributed by atoms with van der Waals surface area (Å²) in [6, 6.07) is 16.1. The van der Waals surface area contributed by atoms with Gasteiger partial charge in [0.2, 0.25) is 5.91 Å². The maximum absolute atomic E-state index is 11.8. The van der Waals surface area contributed by atoms with Crippen molar-refractivity contribution in [3.8, 4) is 5.75 Å². The number of methoxy groups -OCH3 is 1. The van der Waals surface area contributed by atoms with Crippen molar-refractivity contribution in [3.05, 3.63) is 66.2 Å². The summed E-state index contributed by atoms with van der Waals surface area (Å²) in [5.41, 5.74) is 1.39. The molecule has 0 saturated carbocycles. The fourth-order valence-corrected chi connectivity index (χ4v) is 2.05. The number of benzene rings is 2. The fraction of sp³-hybridized carbons (Fsp3) is 0.150. The summed E-state index contributed by atoms with van der Waals surface area (Å²) >= 11 is 0. The highest BCUT2D eigenvalue weighted by Crippen LogP contribution is 2.16. The molecule has 0 atom stereocenters. The first-order valence-electron chi connectivity index (χ1n) is 8.17. The number of hydrogen-bond donors (Lipinski definition) is 2. The predicted molar refractivity (Wildman–Crippen MR) is 101 cm³/mol. The Morgan fingerprint density at radius 3 is 2.56 bits per heavy atom. The molecule has 2 amide bonds. The summed E-state index contributed by atoms with van der Waals surface area (Å²) in [5, 5.41) is 4.97. The number of carbonyl (C=O) groups excluding carboxylic acids is 3. The van der Waals surface area contributed by atoms with E-state index in [0.29, 0.717) is 11.4 Å². The average molecular weight is 368 g/mol. The van der Waals surface area contributed by atoms with E-state index in [1.807, 2.05) is 30.3 Å². The summed E-state index contributed by atoms with van der Waals surface area (Å²) in [6.07, 6.45) is 2.94. The van der Waals surface area contributed by atoms with E-state index in [2.05, 4.69) is 10.6 Å². The number of carbonyl (C=O) groups is 3. The number of amides is 2. The van der Waals surface area contributed by atoms with E-state index in [0.717, 1.165) is 5.56 Å². The molecule has 0 saturated heterocycles. The Labute approximate surface area is 157 Å². The molecule has 2 aromatic carbocycles. The molecule has 7 heteroatoms. The van der Waals surface area contributed by atoms with Gasteiger partial charge in [0.05, 0.1) is 7.11 Å². The van der Waals surface area contributed by atoms with Gasteiger partial charge in [0.1, 0.15) is 12.3 Å². The second kappa shape index (κ2) is 10.4. The molecule has 27 heavy (non-hydrogen) atoms. The van der Waals surface area contributed by atoms with Crippen molar-refractivity contribution >= 4 is 29.5 Å². The third-order valence-electron chi connectivity index (χ3n) is 3.35. The number of ether oxygens (including phenoxy) is 2. The molecule has 0 spiro atoms. The fourth-order valence-electron chi connectivity index (χ4n) is 2.05. The summed E-state index contributed by atoms with van der Waals surface area (Å²) in [5.74, 6) is -1.04. The Morgan fingerprint density at radius 1 is 1.04 bits per heavy atom. The monoisotopic (exact) mass is 368 g/mol. The lowest BCUT2D eigenvalue weighted by Crippen LogP contribution is -2.31. The molecule has 0 radical (unpaired) electrons. The Kier molecular flexibility index (Phi) is 7.59. The highest BCUT2D eigenvalue weighted by Gasteiger charge is 2.09. The Morgan fingerprint density at radius 2 is 1.81 bits per heavy atom. The van der Waals surface area contributed by atoms with E-state index in [9.17, 15) is 14.4 Å². The topological polar surface area (TPSA) is 93.7 Å².